The molecule has 242 valence electrons. The Morgan fingerprint density at radius 2 is 1.70 bits per heavy atom. The van der Waals surface area contributed by atoms with Gasteiger partial charge in [0.25, 0.3) is 0 Å². The lowest BCUT2D eigenvalue weighted by atomic mass is 9.93. The Kier molecular flexibility index (Phi) is 9.76. The number of nitrogens with one attached hydrogen (secondary N) is 1. The summed E-state index contributed by atoms with van der Waals surface area (Å²) in [6.07, 6.45) is -2.25. The molecule has 1 fully saturated rings. The van der Waals surface area contributed by atoms with Gasteiger partial charge in [0.1, 0.15) is 12.1 Å². The molecular weight excluding hydrogens is 613 g/mol. The van der Waals surface area contributed by atoms with Crippen molar-refractivity contribution in [3.8, 4) is 22.8 Å². The Morgan fingerprint density at radius 3 is 2.33 bits per heavy atom. The number of carbonyl (C=O) groups excluding carboxylic acids is 1. The van der Waals surface area contributed by atoms with E-state index >= 15 is 0 Å². The third-order valence-corrected chi connectivity index (χ3v) is 9.10. The summed E-state index contributed by atoms with van der Waals surface area (Å²) in [6, 6.07) is 17.2. The van der Waals surface area contributed by atoms with Gasteiger partial charge in [0, 0.05) is 35.0 Å². The van der Waals surface area contributed by atoms with Gasteiger partial charge in [-0.15, -0.1) is 18.3 Å². The van der Waals surface area contributed by atoms with Crippen LogP contribution in [0.4, 0.5) is 23.7 Å². The molecule has 46 heavy (non-hydrogen) atoms. The molecule has 5 rings (SSSR count). The summed E-state index contributed by atoms with van der Waals surface area (Å²) < 4.78 is 42.8. The highest BCUT2D eigenvalue weighted by atomic mass is 32.2. The van der Waals surface area contributed by atoms with Crippen molar-refractivity contribution in [3.63, 3.8) is 0 Å². The van der Waals surface area contributed by atoms with Gasteiger partial charge in [0.15, 0.2) is 11.0 Å². The predicted octanol–water partition coefficient (Wildman–Crippen LogP) is 8.35. The quantitative estimate of drug-likeness (QED) is 0.217. The van der Waals surface area contributed by atoms with Crippen LogP contribution in [0.15, 0.2) is 72.0 Å². The summed E-state index contributed by atoms with van der Waals surface area (Å²) in [4.78, 5) is 24.3. The van der Waals surface area contributed by atoms with Gasteiger partial charge < -0.3 is 15.0 Å². The van der Waals surface area contributed by atoms with Crippen molar-refractivity contribution >= 4 is 28.6 Å². The minimum Gasteiger partial charge on any atom is -0.406 e. The number of benzene rings is 3. The molecule has 0 bridgehead atoms. The van der Waals surface area contributed by atoms with Crippen LogP contribution in [0.5, 0.6) is 5.75 Å². The van der Waals surface area contributed by atoms with Crippen LogP contribution in [0.2, 0.25) is 0 Å². The fourth-order valence-electron chi connectivity index (χ4n) is 5.65. The smallest absolute Gasteiger partial charge is 0.406 e. The fraction of sp³-hybridized carbons (Fsp3) is 0.353. The number of urea groups is 1. The summed E-state index contributed by atoms with van der Waals surface area (Å²) >= 11 is 1.61. The Labute approximate surface area is 271 Å². The molecule has 0 saturated carbocycles. The Hall–Kier alpha value is -4.32. The second kappa shape index (κ2) is 13.6. The first-order chi connectivity index (χ1) is 21.8. The summed E-state index contributed by atoms with van der Waals surface area (Å²) in [5.41, 5.74) is 7.01. The molecule has 1 aliphatic heterocycles. The number of aryl methyl sites for hydroxylation is 3. The zero-order valence-electron chi connectivity index (χ0n) is 26.6. The number of amidine groups is 1. The van der Waals surface area contributed by atoms with E-state index < -0.39 is 6.36 Å². The number of aromatic nitrogens is 3. The topological polar surface area (TPSA) is 84.6 Å². The normalized spacial score (nSPS) is 17.5. The largest absolute Gasteiger partial charge is 0.573 e. The van der Waals surface area contributed by atoms with Gasteiger partial charge in [-0.1, -0.05) is 60.6 Å². The van der Waals surface area contributed by atoms with E-state index in [1.165, 1.54) is 52.0 Å². The maximum absolute atomic E-state index is 13.2. The SMILES string of the molecule is Cc1cc(C)c(N2C(=NC(=O)NC(C)C(C)c3ccc(-c4ncn(-c5ccc(OC(F)(F)F)cc5)n4)cc3)SCCC2C)c(C)c1. The molecule has 0 radical (unpaired) electrons. The first-order valence-electron chi connectivity index (χ1n) is 15.1. The molecule has 1 saturated heterocycles. The predicted molar refractivity (Wildman–Crippen MR) is 177 cm³/mol. The van der Waals surface area contributed by atoms with Crippen molar-refractivity contribution < 1.29 is 22.7 Å². The van der Waals surface area contributed by atoms with Crippen molar-refractivity contribution in [3.05, 3.63) is 89.2 Å². The Bertz CT molecular complexity index is 1700. The third-order valence-electron chi connectivity index (χ3n) is 8.11. The molecule has 12 heteroatoms. The molecule has 3 unspecified atom stereocenters. The number of nitrogens with zero attached hydrogens (tertiary/aromatic N) is 5. The lowest BCUT2D eigenvalue weighted by Crippen LogP contribution is -2.43. The molecule has 0 aliphatic carbocycles. The van der Waals surface area contributed by atoms with Crippen molar-refractivity contribution in [1.29, 1.82) is 0 Å². The number of halogens is 3. The molecule has 2 amide bonds. The zero-order chi connectivity index (χ0) is 33.2. The molecule has 4 aromatic rings. The standard InChI is InChI=1S/C34H37F3N6O2S/c1-20-17-21(2)30(22(3)18-20)43-23(4)15-16-46-33(43)40-32(44)39-25(6)24(5)26-7-9-27(10-8-26)31-38-19-42(41-31)28-11-13-29(14-12-28)45-34(35,36)37/h7-14,17-19,23-25H,15-16H2,1-6H3,(H,39,44). The van der Waals surface area contributed by atoms with Crippen molar-refractivity contribution in [1.82, 2.24) is 20.1 Å². The Morgan fingerprint density at radius 1 is 1.04 bits per heavy atom. The number of thioether (sulfide) groups is 1. The lowest BCUT2D eigenvalue weighted by Gasteiger charge is -2.37. The number of rotatable bonds is 7. The fourth-order valence-corrected chi connectivity index (χ4v) is 6.85. The number of alkyl halides is 3. The number of carbonyl (C=O) groups is 1. The first-order valence-corrected chi connectivity index (χ1v) is 16.0. The summed E-state index contributed by atoms with van der Waals surface area (Å²) in [5, 5.41) is 8.26. The highest BCUT2D eigenvalue weighted by Gasteiger charge is 2.31. The Balaban J connectivity index is 1.24. The van der Waals surface area contributed by atoms with Crippen LogP contribution < -0.4 is 15.0 Å². The van der Waals surface area contributed by atoms with E-state index in [0.29, 0.717) is 16.7 Å². The van der Waals surface area contributed by atoms with E-state index in [1.807, 2.05) is 31.2 Å². The summed E-state index contributed by atoms with van der Waals surface area (Å²) in [7, 11) is 0. The van der Waals surface area contributed by atoms with Crippen LogP contribution in [0.25, 0.3) is 17.1 Å². The first kappa shape index (κ1) is 33.1. The molecular formula is C34H37F3N6O2S. The minimum absolute atomic E-state index is 0.00299. The number of hydrogen-bond acceptors (Lipinski definition) is 5. The van der Waals surface area contributed by atoms with Crippen LogP contribution in [0.1, 0.15) is 55.4 Å². The number of amides is 2. The maximum Gasteiger partial charge on any atom is 0.573 e. The van der Waals surface area contributed by atoms with E-state index in [-0.39, 0.29) is 29.8 Å². The van der Waals surface area contributed by atoms with E-state index in [1.54, 1.807) is 11.8 Å². The van der Waals surface area contributed by atoms with Crippen molar-refractivity contribution in [2.24, 2.45) is 4.99 Å². The monoisotopic (exact) mass is 650 g/mol. The van der Waals surface area contributed by atoms with E-state index in [9.17, 15) is 18.0 Å². The van der Waals surface area contributed by atoms with Gasteiger partial charge in [0.2, 0.25) is 0 Å². The van der Waals surface area contributed by atoms with E-state index in [4.69, 9.17) is 0 Å². The van der Waals surface area contributed by atoms with Gasteiger partial charge in [-0.2, -0.15) is 4.99 Å². The van der Waals surface area contributed by atoms with Gasteiger partial charge in [0.05, 0.1) is 5.69 Å². The second-order valence-corrected chi connectivity index (χ2v) is 12.8. The molecule has 3 aromatic carbocycles. The van der Waals surface area contributed by atoms with E-state index in [2.05, 4.69) is 76.8 Å². The number of anilines is 1. The summed E-state index contributed by atoms with van der Waals surface area (Å²) in [5.74, 6) is 1.06. The molecule has 1 aromatic heterocycles. The van der Waals surface area contributed by atoms with Gasteiger partial charge in [-0.3, -0.25) is 0 Å². The highest BCUT2D eigenvalue weighted by molar-refractivity contribution is 8.14. The average molecular weight is 651 g/mol. The molecule has 1 aliphatic rings. The lowest BCUT2D eigenvalue weighted by molar-refractivity contribution is -0.274. The second-order valence-electron chi connectivity index (χ2n) is 11.7. The molecule has 2 heterocycles. The van der Waals surface area contributed by atoms with E-state index in [0.717, 1.165) is 29.0 Å². The van der Waals surface area contributed by atoms with Gasteiger partial charge in [-0.25, -0.2) is 14.5 Å². The zero-order valence-corrected chi connectivity index (χ0v) is 27.4. The molecule has 8 nitrogen and oxygen atoms in total. The van der Waals surface area contributed by atoms with Crippen LogP contribution in [-0.2, 0) is 0 Å². The molecule has 3 atom stereocenters. The highest BCUT2D eigenvalue weighted by Crippen LogP contribution is 2.35. The maximum atomic E-state index is 13.2. The number of hydrogen-bond donors (Lipinski definition) is 1. The van der Waals surface area contributed by atoms with Crippen LogP contribution in [0, 0.1) is 20.8 Å². The number of aliphatic imine (C=N–C) groups is 1. The third kappa shape index (κ3) is 7.72. The van der Waals surface area contributed by atoms with Crippen LogP contribution >= 0.6 is 11.8 Å². The average Bonchev–Trinajstić information content (AvgIpc) is 3.48. The molecule has 1 N–H and O–H groups in total. The van der Waals surface area contributed by atoms with Crippen LogP contribution in [-0.4, -0.2) is 50.2 Å². The molecule has 0 spiro atoms. The van der Waals surface area contributed by atoms with Gasteiger partial charge in [-0.05, 0) is 82.0 Å². The number of ether oxygens (including phenoxy) is 1. The van der Waals surface area contributed by atoms with Crippen LogP contribution in [0.3, 0.4) is 0 Å². The minimum atomic E-state index is -4.75. The van der Waals surface area contributed by atoms with Crippen molar-refractivity contribution in [2.45, 2.75) is 72.3 Å². The van der Waals surface area contributed by atoms with Crippen molar-refractivity contribution in [2.75, 3.05) is 10.7 Å². The van der Waals surface area contributed by atoms with Gasteiger partial charge >= 0.3 is 12.4 Å². The summed E-state index contributed by atoms with van der Waals surface area (Å²) in [6.45, 7) is 12.5.